The molecule has 0 radical (unpaired) electrons. The van der Waals surface area contributed by atoms with Gasteiger partial charge in [0, 0.05) is 23.0 Å². The maximum absolute atomic E-state index is 14.1. The number of nitrogens with zero attached hydrogens (tertiary/aromatic N) is 1. The number of ether oxygens (including phenoxy) is 1. The van der Waals surface area contributed by atoms with Gasteiger partial charge in [-0.25, -0.2) is 9.18 Å². The van der Waals surface area contributed by atoms with Crippen LogP contribution in [-0.4, -0.2) is 47.2 Å². The van der Waals surface area contributed by atoms with Crippen LogP contribution in [0.2, 0.25) is 0 Å². The third-order valence-corrected chi connectivity index (χ3v) is 4.34. The van der Waals surface area contributed by atoms with Gasteiger partial charge < -0.3 is 14.7 Å². The summed E-state index contributed by atoms with van der Waals surface area (Å²) in [5.41, 5.74) is -1.21. The first-order valence-corrected chi connectivity index (χ1v) is 7.53. The summed E-state index contributed by atoms with van der Waals surface area (Å²) in [5.74, 6) is -1.23. The van der Waals surface area contributed by atoms with E-state index < -0.39 is 18.2 Å². The Bertz CT molecular complexity index is 690. The van der Waals surface area contributed by atoms with Crippen LogP contribution < -0.4 is 4.74 Å². The Morgan fingerprint density at radius 2 is 2.18 bits per heavy atom. The number of aliphatic carboxylic acids is 1. The molecule has 1 atom stereocenters. The van der Waals surface area contributed by atoms with Crippen molar-refractivity contribution in [1.29, 1.82) is 0 Å². The van der Waals surface area contributed by atoms with Crippen LogP contribution in [0, 0.1) is 0 Å². The lowest BCUT2D eigenvalue weighted by molar-refractivity contribution is -0.150. The number of fused-ring (bicyclic) bond motifs is 1. The highest BCUT2D eigenvalue weighted by Crippen LogP contribution is 2.31. The standard InChI is InChI=1S/C15H13BrFNO4/c16-11-1-2-12-9(6-11)5-10(7-22-12)13(19)18-4-3-15(17,8-18)14(20)21/h1-2,5-6H,3-4,7-8H2,(H,20,21). The molecule has 2 heterocycles. The lowest BCUT2D eigenvalue weighted by atomic mass is 10.1. The van der Waals surface area contributed by atoms with E-state index in [-0.39, 0.29) is 25.5 Å². The molecule has 1 aromatic rings. The number of carbonyl (C=O) groups excluding carboxylic acids is 1. The molecule has 22 heavy (non-hydrogen) atoms. The van der Waals surface area contributed by atoms with Crippen molar-refractivity contribution in [2.75, 3.05) is 19.7 Å². The first-order valence-electron chi connectivity index (χ1n) is 6.73. The predicted octanol–water partition coefficient (Wildman–Crippen LogP) is 2.25. The second-order valence-corrected chi connectivity index (χ2v) is 6.30. The van der Waals surface area contributed by atoms with Crippen LogP contribution in [0.25, 0.3) is 6.08 Å². The van der Waals surface area contributed by atoms with Gasteiger partial charge in [-0.15, -0.1) is 0 Å². The zero-order valence-electron chi connectivity index (χ0n) is 11.5. The third-order valence-electron chi connectivity index (χ3n) is 3.85. The van der Waals surface area contributed by atoms with Crippen LogP contribution in [0.5, 0.6) is 5.75 Å². The molecule has 0 spiro atoms. The van der Waals surface area contributed by atoms with Crippen molar-refractivity contribution in [2.24, 2.45) is 0 Å². The van der Waals surface area contributed by atoms with E-state index in [9.17, 15) is 14.0 Å². The van der Waals surface area contributed by atoms with Crippen LogP contribution in [0.1, 0.15) is 12.0 Å². The number of carboxylic acid groups (broad SMARTS) is 1. The van der Waals surface area contributed by atoms with Crippen LogP contribution >= 0.6 is 15.9 Å². The molecular weight excluding hydrogens is 357 g/mol. The number of amides is 1. The highest BCUT2D eigenvalue weighted by molar-refractivity contribution is 9.10. The Hall–Kier alpha value is -1.89. The van der Waals surface area contributed by atoms with Crippen LogP contribution in [0.3, 0.4) is 0 Å². The number of carboxylic acids is 1. The molecule has 0 aliphatic carbocycles. The van der Waals surface area contributed by atoms with E-state index >= 15 is 0 Å². The number of likely N-dealkylation sites (tertiary alicyclic amines) is 1. The third kappa shape index (κ3) is 2.61. The lowest BCUT2D eigenvalue weighted by Crippen LogP contribution is -2.40. The fourth-order valence-corrected chi connectivity index (χ4v) is 2.97. The molecule has 7 heteroatoms. The number of alkyl halides is 1. The van der Waals surface area contributed by atoms with Gasteiger partial charge in [0.25, 0.3) is 5.91 Å². The van der Waals surface area contributed by atoms with Crippen LogP contribution in [0.15, 0.2) is 28.2 Å². The van der Waals surface area contributed by atoms with E-state index in [1.807, 2.05) is 12.1 Å². The van der Waals surface area contributed by atoms with E-state index in [0.717, 1.165) is 10.0 Å². The second kappa shape index (κ2) is 5.39. The Labute approximate surface area is 134 Å². The number of rotatable bonds is 2. The van der Waals surface area contributed by atoms with E-state index in [2.05, 4.69) is 15.9 Å². The summed E-state index contributed by atoms with van der Waals surface area (Å²) < 4.78 is 20.4. The maximum Gasteiger partial charge on any atom is 0.343 e. The molecule has 1 N–H and O–H groups in total. The van der Waals surface area contributed by atoms with E-state index in [1.54, 1.807) is 12.1 Å². The van der Waals surface area contributed by atoms with Gasteiger partial charge in [0.1, 0.15) is 12.4 Å². The molecule has 116 valence electrons. The summed E-state index contributed by atoms with van der Waals surface area (Å²) in [7, 11) is 0. The summed E-state index contributed by atoms with van der Waals surface area (Å²) in [4.78, 5) is 24.6. The molecule has 3 rings (SSSR count). The first kappa shape index (κ1) is 15.0. The van der Waals surface area contributed by atoms with Crippen molar-refractivity contribution in [1.82, 2.24) is 4.90 Å². The Balaban J connectivity index is 1.81. The van der Waals surface area contributed by atoms with Crippen molar-refractivity contribution in [3.8, 4) is 5.75 Å². The van der Waals surface area contributed by atoms with Gasteiger partial charge in [-0.2, -0.15) is 0 Å². The monoisotopic (exact) mass is 369 g/mol. The minimum absolute atomic E-state index is 0.0876. The fraction of sp³-hybridized carbons (Fsp3) is 0.333. The van der Waals surface area contributed by atoms with Gasteiger partial charge in [0.2, 0.25) is 5.67 Å². The van der Waals surface area contributed by atoms with Gasteiger partial charge in [-0.1, -0.05) is 15.9 Å². The molecule has 1 fully saturated rings. The minimum Gasteiger partial charge on any atom is -0.488 e. The van der Waals surface area contributed by atoms with Gasteiger partial charge >= 0.3 is 5.97 Å². The zero-order chi connectivity index (χ0) is 15.9. The van der Waals surface area contributed by atoms with Gasteiger partial charge in [0.15, 0.2) is 0 Å². The average Bonchev–Trinajstić information content (AvgIpc) is 2.89. The van der Waals surface area contributed by atoms with Gasteiger partial charge in [-0.3, -0.25) is 4.79 Å². The number of carbonyl (C=O) groups is 2. The molecule has 1 aromatic carbocycles. The Morgan fingerprint density at radius 3 is 2.86 bits per heavy atom. The molecule has 2 aliphatic heterocycles. The second-order valence-electron chi connectivity index (χ2n) is 5.39. The normalized spacial score (nSPS) is 23.5. The summed E-state index contributed by atoms with van der Waals surface area (Å²) in [6.07, 6.45) is 1.51. The van der Waals surface area contributed by atoms with Crippen LogP contribution in [-0.2, 0) is 9.59 Å². The molecule has 1 unspecified atom stereocenters. The highest BCUT2D eigenvalue weighted by Gasteiger charge is 2.47. The lowest BCUT2D eigenvalue weighted by Gasteiger charge is -2.22. The van der Waals surface area contributed by atoms with E-state index in [1.165, 1.54) is 4.90 Å². The molecule has 5 nitrogen and oxygen atoms in total. The average molecular weight is 370 g/mol. The van der Waals surface area contributed by atoms with Crippen molar-refractivity contribution in [2.45, 2.75) is 12.1 Å². The number of halogens is 2. The van der Waals surface area contributed by atoms with Gasteiger partial charge in [-0.05, 0) is 24.3 Å². The minimum atomic E-state index is -2.35. The summed E-state index contributed by atoms with van der Waals surface area (Å²) in [6, 6.07) is 5.46. The summed E-state index contributed by atoms with van der Waals surface area (Å²) >= 11 is 3.35. The van der Waals surface area contributed by atoms with Gasteiger partial charge in [0.05, 0.1) is 12.1 Å². The zero-order valence-corrected chi connectivity index (χ0v) is 13.1. The molecule has 2 aliphatic rings. The molecular formula is C15H13BrFNO4. The number of hydrogen-bond acceptors (Lipinski definition) is 3. The fourth-order valence-electron chi connectivity index (χ4n) is 2.60. The molecule has 1 saturated heterocycles. The van der Waals surface area contributed by atoms with E-state index in [4.69, 9.17) is 9.84 Å². The topological polar surface area (TPSA) is 66.8 Å². The largest absolute Gasteiger partial charge is 0.488 e. The molecule has 0 saturated carbocycles. The summed E-state index contributed by atoms with van der Waals surface area (Å²) in [6.45, 7) is -0.246. The Morgan fingerprint density at radius 1 is 1.41 bits per heavy atom. The highest BCUT2D eigenvalue weighted by atomic mass is 79.9. The van der Waals surface area contributed by atoms with Crippen molar-refractivity contribution in [3.63, 3.8) is 0 Å². The Kier molecular flexibility index (Phi) is 3.68. The van der Waals surface area contributed by atoms with Crippen molar-refractivity contribution < 1.29 is 23.8 Å². The van der Waals surface area contributed by atoms with Crippen LogP contribution in [0.4, 0.5) is 4.39 Å². The predicted molar refractivity (Wildman–Crippen MR) is 80.3 cm³/mol. The number of benzene rings is 1. The maximum atomic E-state index is 14.1. The SMILES string of the molecule is O=C(C1=Cc2cc(Br)ccc2OC1)N1CCC(F)(C(=O)O)C1. The van der Waals surface area contributed by atoms with Crippen molar-refractivity contribution >= 4 is 33.9 Å². The number of hydrogen-bond donors (Lipinski definition) is 1. The van der Waals surface area contributed by atoms with E-state index in [0.29, 0.717) is 11.3 Å². The molecule has 1 amide bonds. The van der Waals surface area contributed by atoms with Crippen molar-refractivity contribution in [3.05, 3.63) is 33.8 Å². The quantitative estimate of drug-likeness (QED) is 0.867. The first-order chi connectivity index (χ1) is 10.4. The summed E-state index contributed by atoms with van der Waals surface area (Å²) in [5, 5.41) is 8.89. The molecule has 0 bridgehead atoms. The molecule has 0 aromatic heterocycles. The smallest absolute Gasteiger partial charge is 0.343 e.